The second kappa shape index (κ2) is 6.27. The van der Waals surface area contributed by atoms with Gasteiger partial charge < -0.3 is 9.32 Å². The molecule has 4 rings (SSSR count). The fourth-order valence-corrected chi connectivity index (χ4v) is 3.18. The van der Waals surface area contributed by atoms with Crippen LogP contribution in [0.25, 0.3) is 11.1 Å². The maximum atomic E-state index is 12.9. The number of H-pyrrole nitrogens is 1. The number of nitrogens with one attached hydrogen (secondary N) is 1. The minimum absolute atomic E-state index is 0.0907. The molecule has 1 atom stereocenters. The molecule has 0 bridgehead atoms. The number of benzene rings is 1. The minimum atomic E-state index is -0.0907. The minimum Gasteiger partial charge on any atom is -0.459 e. The van der Waals surface area contributed by atoms with Crippen LogP contribution in [0.3, 0.4) is 0 Å². The van der Waals surface area contributed by atoms with Gasteiger partial charge in [-0.25, -0.2) is 0 Å². The SMILES string of the molecule is O=C(c1occc1-c1ccccc1)N1CCCC(c2nn[nH]n2)C1. The Labute approximate surface area is 138 Å². The molecule has 1 saturated heterocycles. The average molecular weight is 323 g/mol. The number of tetrazole rings is 1. The molecule has 2 aromatic heterocycles. The molecule has 1 aliphatic rings. The number of rotatable bonds is 3. The number of hydrogen-bond acceptors (Lipinski definition) is 5. The molecule has 24 heavy (non-hydrogen) atoms. The van der Waals surface area contributed by atoms with Crippen molar-refractivity contribution in [1.82, 2.24) is 25.5 Å². The summed E-state index contributed by atoms with van der Waals surface area (Å²) in [6.45, 7) is 1.29. The van der Waals surface area contributed by atoms with Crippen molar-refractivity contribution in [2.45, 2.75) is 18.8 Å². The molecule has 0 radical (unpaired) electrons. The second-order valence-corrected chi connectivity index (χ2v) is 5.89. The predicted molar refractivity (Wildman–Crippen MR) is 86.2 cm³/mol. The van der Waals surface area contributed by atoms with E-state index in [4.69, 9.17) is 4.42 Å². The lowest BCUT2D eigenvalue weighted by Crippen LogP contribution is -2.39. The zero-order valence-corrected chi connectivity index (χ0v) is 13.1. The summed E-state index contributed by atoms with van der Waals surface area (Å²) in [7, 11) is 0. The molecule has 1 fully saturated rings. The maximum absolute atomic E-state index is 12.9. The smallest absolute Gasteiger partial charge is 0.290 e. The van der Waals surface area contributed by atoms with Gasteiger partial charge in [-0.1, -0.05) is 35.5 Å². The Morgan fingerprint density at radius 3 is 2.92 bits per heavy atom. The van der Waals surface area contributed by atoms with Gasteiger partial charge in [-0.15, -0.1) is 10.2 Å². The maximum Gasteiger partial charge on any atom is 0.290 e. The molecule has 7 nitrogen and oxygen atoms in total. The first-order valence-electron chi connectivity index (χ1n) is 7.98. The average Bonchev–Trinajstić information content (AvgIpc) is 3.34. The number of aromatic amines is 1. The van der Waals surface area contributed by atoms with Crippen LogP contribution in [0.15, 0.2) is 47.1 Å². The second-order valence-electron chi connectivity index (χ2n) is 5.89. The van der Waals surface area contributed by atoms with Gasteiger partial charge in [0.1, 0.15) is 0 Å². The van der Waals surface area contributed by atoms with Gasteiger partial charge in [-0.2, -0.15) is 5.21 Å². The Morgan fingerprint density at radius 1 is 1.25 bits per heavy atom. The number of aromatic nitrogens is 4. The van der Waals surface area contributed by atoms with E-state index in [2.05, 4.69) is 20.6 Å². The van der Waals surface area contributed by atoms with E-state index >= 15 is 0 Å². The van der Waals surface area contributed by atoms with Gasteiger partial charge in [-0.3, -0.25) is 4.79 Å². The number of nitrogens with zero attached hydrogens (tertiary/aromatic N) is 4. The molecule has 7 heteroatoms. The quantitative estimate of drug-likeness (QED) is 0.800. The van der Waals surface area contributed by atoms with E-state index < -0.39 is 0 Å². The first-order chi connectivity index (χ1) is 11.8. The Kier molecular flexibility index (Phi) is 3.82. The zero-order chi connectivity index (χ0) is 16.4. The number of piperidine rings is 1. The Bertz CT molecular complexity index is 813. The lowest BCUT2D eigenvalue weighted by atomic mass is 9.96. The lowest BCUT2D eigenvalue weighted by molar-refractivity contribution is 0.0673. The monoisotopic (exact) mass is 323 g/mol. The summed E-state index contributed by atoms with van der Waals surface area (Å²) < 4.78 is 5.52. The topological polar surface area (TPSA) is 87.9 Å². The molecular formula is C17H17N5O2. The number of amides is 1. The lowest BCUT2D eigenvalue weighted by Gasteiger charge is -2.30. The van der Waals surface area contributed by atoms with E-state index in [-0.39, 0.29) is 11.8 Å². The number of carbonyl (C=O) groups is 1. The summed E-state index contributed by atoms with van der Waals surface area (Å²) in [4.78, 5) is 14.8. The first-order valence-corrected chi connectivity index (χ1v) is 7.98. The highest BCUT2D eigenvalue weighted by molar-refractivity contribution is 5.98. The molecule has 1 unspecified atom stereocenters. The number of furan rings is 1. The largest absolute Gasteiger partial charge is 0.459 e. The highest BCUT2D eigenvalue weighted by Crippen LogP contribution is 2.29. The van der Waals surface area contributed by atoms with Crippen molar-refractivity contribution in [1.29, 1.82) is 0 Å². The normalized spacial score (nSPS) is 17.8. The van der Waals surface area contributed by atoms with Crippen LogP contribution < -0.4 is 0 Å². The van der Waals surface area contributed by atoms with Gasteiger partial charge >= 0.3 is 0 Å². The third kappa shape index (κ3) is 2.68. The van der Waals surface area contributed by atoms with Gasteiger partial charge in [0.15, 0.2) is 11.6 Å². The zero-order valence-electron chi connectivity index (χ0n) is 13.1. The third-order valence-corrected chi connectivity index (χ3v) is 4.38. The summed E-state index contributed by atoms with van der Waals surface area (Å²) in [5, 5.41) is 14.2. The van der Waals surface area contributed by atoms with E-state index in [1.165, 1.54) is 0 Å². The van der Waals surface area contributed by atoms with Gasteiger partial charge in [0.2, 0.25) is 0 Å². The Hall–Kier alpha value is -2.96. The van der Waals surface area contributed by atoms with Crippen LogP contribution in [0.2, 0.25) is 0 Å². The molecule has 0 spiro atoms. The van der Waals surface area contributed by atoms with Crippen LogP contribution in [-0.2, 0) is 0 Å². The fourth-order valence-electron chi connectivity index (χ4n) is 3.18. The molecule has 3 aromatic rings. The van der Waals surface area contributed by atoms with Crippen LogP contribution in [0.4, 0.5) is 0 Å². The molecule has 0 saturated carbocycles. The van der Waals surface area contributed by atoms with Crippen molar-refractivity contribution < 1.29 is 9.21 Å². The van der Waals surface area contributed by atoms with Crippen LogP contribution in [0.1, 0.15) is 35.1 Å². The molecule has 1 amide bonds. The van der Waals surface area contributed by atoms with Crippen molar-refractivity contribution >= 4 is 5.91 Å². The number of likely N-dealkylation sites (tertiary alicyclic amines) is 1. The summed E-state index contributed by atoms with van der Waals surface area (Å²) >= 11 is 0. The summed E-state index contributed by atoms with van der Waals surface area (Å²) in [6.07, 6.45) is 3.43. The highest BCUT2D eigenvalue weighted by atomic mass is 16.3. The van der Waals surface area contributed by atoms with Crippen molar-refractivity contribution in [3.8, 4) is 11.1 Å². The Balaban J connectivity index is 1.57. The van der Waals surface area contributed by atoms with Crippen molar-refractivity contribution in [3.05, 3.63) is 54.2 Å². The van der Waals surface area contributed by atoms with Crippen LogP contribution in [0, 0.1) is 0 Å². The summed E-state index contributed by atoms with van der Waals surface area (Å²) in [6, 6.07) is 11.6. The van der Waals surface area contributed by atoms with Crippen molar-refractivity contribution in [2.75, 3.05) is 13.1 Å². The first kappa shape index (κ1) is 14.6. The van der Waals surface area contributed by atoms with Gasteiger partial charge in [0.25, 0.3) is 5.91 Å². The standard InChI is InChI=1S/C17H17N5O2/c23-17(15-14(8-10-24-15)12-5-2-1-3-6-12)22-9-4-7-13(11-22)16-18-20-21-19-16/h1-3,5-6,8,10,13H,4,7,9,11H2,(H,18,19,20,21). The molecule has 1 aromatic carbocycles. The third-order valence-electron chi connectivity index (χ3n) is 4.38. The Morgan fingerprint density at radius 2 is 2.12 bits per heavy atom. The van der Waals surface area contributed by atoms with Gasteiger partial charge in [0, 0.05) is 24.6 Å². The fraction of sp³-hybridized carbons (Fsp3) is 0.294. The molecule has 122 valence electrons. The van der Waals surface area contributed by atoms with E-state index in [0.717, 1.165) is 24.0 Å². The number of hydrogen-bond donors (Lipinski definition) is 1. The highest BCUT2D eigenvalue weighted by Gasteiger charge is 2.30. The van der Waals surface area contributed by atoms with Crippen LogP contribution >= 0.6 is 0 Å². The van der Waals surface area contributed by atoms with Gasteiger partial charge in [-0.05, 0) is 24.5 Å². The van der Waals surface area contributed by atoms with E-state index in [0.29, 0.717) is 24.7 Å². The molecular weight excluding hydrogens is 306 g/mol. The molecule has 1 N–H and O–H groups in total. The molecule has 0 aliphatic carbocycles. The van der Waals surface area contributed by atoms with E-state index in [1.807, 2.05) is 41.3 Å². The van der Waals surface area contributed by atoms with E-state index in [9.17, 15) is 4.79 Å². The van der Waals surface area contributed by atoms with Gasteiger partial charge in [0.05, 0.1) is 6.26 Å². The molecule has 3 heterocycles. The predicted octanol–water partition coefficient (Wildman–Crippen LogP) is 2.48. The van der Waals surface area contributed by atoms with Crippen LogP contribution in [-0.4, -0.2) is 44.5 Å². The summed E-state index contributed by atoms with van der Waals surface area (Å²) in [5.74, 6) is 1.06. The van der Waals surface area contributed by atoms with Crippen LogP contribution in [0.5, 0.6) is 0 Å². The van der Waals surface area contributed by atoms with Crippen molar-refractivity contribution in [3.63, 3.8) is 0 Å². The summed E-state index contributed by atoms with van der Waals surface area (Å²) in [5.41, 5.74) is 1.80. The molecule has 1 aliphatic heterocycles. The number of carbonyl (C=O) groups excluding carboxylic acids is 1. The van der Waals surface area contributed by atoms with Crippen molar-refractivity contribution in [2.24, 2.45) is 0 Å². The van der Waals surface area contributed by atoms with E-state index in [1.54, 1.807) is 6.26 Å².